The Kier molecular flexibility index (Phi) is 4.66. The number of methoxy groups -OCH3 is 1. The van der Waals surface area contributed by atoms with E-state index in [9.17, 15) is 14.7 Å². The van der Waals surface area contributed by atoms with Gasteiger partial charge in [0.15, 0.2) is 0 Å². The Balaban J connectivity index is 2.90. The number of hydrogen-bond acceptors (Lipinski definition) is 4. The van der Waals surface area contributed by atoms with Crippen LogP contribution in [0.5, 0.6) is 0 Å². The van der Waals surface area contributed by atoms with Crippen molar-refractivity contribution < 1.29 is 19.4 Å². The third-order valence-corrected chi connectivity index (χ3v) is 2.53. The number of carbonyl (C=O) groups is 2. The number of rotatable bonds is 4. The van der Waals surface area contributed by atoms with Crippen LogP contribution in [-0.2, 0) is 14.3 Å². The minimum absolute atomic E-state index is 0.249. The predicted octanol–water partition coefficient (Wildman–Crippen LogP) is 2.45. The Morgan fingerprint density at radius 1 is 1.22 bits per heavy atom. The van der Waals surface area contributed by atoms with E-state index in [1.165, 1.54) is 0 Å². The SMILES string of the molecule is COC(=O)C(=O)C=C(O)c1ccc(C(C)C)cc1. The Bertz CT molecular complexity index is 469. The van der Waals surface area contributed by atoms with Crippen LogP contribution in [0.2, 0.25) is 0 Å². The highest BCUT2D eigenvalue weighted by molar-refractivity contribution is 6.39. The maximum Gasteiger partial charge on any atom is 0.378 e. The van der Waals surface area contributed by atoms with Gasteiger partial charge in [-0.15, -0.1) is 0 Å². The van der Waals surface area contributed by atoms with Gasteiger partial charge >= 0.3 is 5.97 Å². The minimum Gasteiger partial charge on any atom is -0.507 e. The summed E-state index contributed by atoms with van der Waals surface area (Å²) in [6, 6.07) is 7.14. The standard InChI is InChI=1S/C14H16O4/c1-9(2)10-4-6-11(7-5-10)12(15)8-13(16)14(17)18-3/h4-9,15H,1-3H3. The Morgan fingerprint density at radius 3 is 2.22 bits per heavy atom. The second-order valence-electron chi connectivity index (χ2n) is 4.16. The summed E-state index contributed by atoms with van der Waals surface area (Å²) in [4.78, 5) is 22.1. The normalized spacial score (nSPS) is 11.4. The highest BCUT2D eigenvalue weighted by Gasteiger charge is 2.12. The fourth-order valence-corrected chi connectivity index (χ4v) is 1.41. The molecule has 0 spiro atoms. The third kappa shape index (κ3) is 3.45. The molecule has 0 heterocycles. The molecule has 0 bridgehead atoms. The maximum absolute atomic E-state index is 11.2. The fourth-order valence-electron chi connectivity index (χ4n) is 1.41. The van der Waals surface area contributed by atoms with Crippen LogP contribution in [0.25, 0.3) is 5.76 Å². The predicted molar refractivity (Wildman–Crippen MR) is 68.2 cm³/mol. The third-order valence-electron chi connectivity index (χ3n) is 2.53. The van der Waals surface area contributed by atoms with Crippen molar-refractivity contribution in [1.82, 2.24) is 0 Å². The molecule has 0 unspecified atom stereocenters. The first-order valence-electron chi connectivity index (χ1n) is 5.59. The molecular formula is C14H16O4. The van der Waals surface area contributed by atoms with Gasteiger partial charge in [0.25, 0.3) is 5.78 Å². The number of benzene rings is 1. The molecule has 0 radical (unpaired) electrons. The zero-order valence-corrected chi connectivity index (χ0v) is 10.6. The van der Waals surface area contributed by atoms with Gasteiger partial charge in [0.05, 0.1) is 7.11 Å². The van der Waals surface area contributed by atoms with E-state index < -0.39 is 11.8 Å². The summed E-state index contributed by atoms with van der Waals surface area (Å²) in [6.45, 7) is 4.12. The van der Waals surface area contributed by atoms with Crippen LogP contribution >= 0.6 is 0 Å². The molecule has 0 fully saturated rings. The largest absolute Gasteiger partial charge is 0.507 e. The highest BCUT2D eigenvalue weighted by Crippen LogP contribution is 2.18. The number of ketones is 1. The van der Waals surface area contributed by atoms with E-state index in [1.54, 1.807) is 12.1 Å². The highest BCUT2D eigenvalue weighted by atomic mass is 16.5. The van der Waals surface area contributed by atoms with Gasteiger partial charge in [0, 0.05) is 11.6 Å². The van der Waals surface area contributed by atoms with E-state index in [-0.39, 0.29) is 5.76 Å². The molecule has 0 saturated carbocycles. The summed E-state index contributed by atoms with van der Waals surface area (Å²) in [7, 11) is 1.11. The lowest BCUT2D eigenvalue weighted by Crippen LogP contribution is -2.13. The zero-order valence-electron chi connectivity index (χ0n) is 10.6. The second-order valence-corrected chi connectivity index (χ2v) is 4.16. The molecule has 0 aliphatic rings. The average molecular weight is 248 g/mol. The number of carbonyl (C=O) groups excluding carboxylic acids is 2. The molecule has 0 amide bonds. The van der Waals surface area contributed by atoms with Gasteiger partial charge in [0.2, 0.25) is 0 Å². The fraction of sp³-hybridized carbons (Fsp3) is 0.286. The first kappa shape index (κ1) is 14.0. The molecule has 0 aromatic heterocycles. The van der Waals surface area contributed by atoms with Crippen LogP contribution in [0.4, 0.5) is 0 Å². The summed E-state index contributed by atoms with van der Waals surface area (Å²) in [5.74, 6) is -1.74. The summed E-state index contributed by atoms with van der Waals surface area (Å²) < 4.78 is 4.26. The van der Waals surface area contributed by atoms with Crippen LogP contribution in [0.15, 0.2) is 30.3 Å². The zero-order chi connectivity index (χ0) is 13.7. The van der Waals surface area contributed by atoms with Crippen molar-refractivity contribution in [1.29, 1.82) is 0 Å². The molecule has 1 N–H and O–H groups in total. The first-order valence-corrected chi connectivity index (χ1v) is 5.59. The first-order chi connectivity index (χ1) is 8.45. The summed E-state index contributed by atoms with van der Waals surface area (Å²) >= 11 is 0. The van der Waals surface area contributed by atoms with Crippen molar-refractivity contribution in [2.75, 3.05) is 7.11 Å². The number of aliphatic hydroxyl groups excluding tert-OH is 1. The number of hydrogen-bond donors (Lipinski definition) is 1. The van der Waals surface area contributed by atoms with Crippen molar-refractivity contribution in [2.24, 2.45) is 0 Å². The molecule has 0 saturated heterocycles. The molecular weight excluding hydrogens is 232 g/mol. The van der Waals surface area contributed by atoms with E-state index in [0.717, 1.165) is 18.7 Å². The van der Waals surface area contributed by atoms with Gasteiger partial charge in [-0.1, -0.05) is 38.1 Å². The monoisotopic (exact) mass is 248 g/mol. The summed E-state index contributed by atoms with van der Waals surface area (Å²) in [6.07, 6.45) is 0.857. The van der Waals surface area contributed by atoms with Crippen molar-refractivity contribution >= 4 is 17.5 Å². The minimum atomic E-state index is -1.000. The smallest absolute Gasteiger partial charge is 0.378 e. The molecule has 0 aliphatic heterocycles. The Labute approximate surface area is 106 Å². The van der Waals surface area contributed by atoms with Crippen LogP contribution in [-0.4, -0.2) is 24.0 Å². The van der Waals surface area contributed by atoms with Crippen molar-refractivity contribution in [2.45, 2.75) is 19.8 Å². The molecule has 4 nitrogen and oxygen atoms in total. The number of ether oxygens (including phenoxy) is 1. The number of aliphatic hydroxyl groups is 1. The molecule has 1 rings (SSSR count). The van der Waals surface area contributed by atoms with Crippen molar-refractivity contribution in [3.63, 3.8) is 0 Å². The number of esters is 1. The van der Waals surface area contributed by atoms with E-state index >= 15 is 0 Å². The quantitative estimate of drug-likeness (QED) is 0.385. The van der Waals surface area contributed by atoms with Gasteiger partial charge < -0.3 is 9.84 Å². The Morgan fingerprint density at radius 2 is 1.78 bits per heavy atom. The lowest BCUT2D eigenvalue weighted by molar-refractivity contribution is -0.149. The van der Waals surface area contributed by atoms with E-state index in [0.29, 0.717) is 11.5 Å². The van der Waals surface area contributed by atoms with Crippen LogP contribution in [0.1, 0.15) is 30.9 Å². The van der Waals surface area contributed by atoms with Gasteiger partial charge in [-0.2, -0.15) is 0 Å². The van der Waals surface area contributed by atoms with E-state index in [1.807, 2.05) is 12.1 Å². The van der Waals surface area contributed by atoms with Gasteiger partial charge in [-0.05, 0) is 11.5 Å². The van der Waals surface area contributed by atoms with Crippen LogP contribution in [0.3, 0.4) is 0 Å². The molecule has 0 atom stereocenters. The van der Waals surface area contributed by atoms with Crippen LogP contribution in [0, 0.1) is 0 Å². The van der Waals surface area contributed by atoms with Crippen molar-refractivity contribution in [3.05, 3.63) is 41.5 Å². The molecule has 4 heteroatoms. The lowest BCUT2D eigenvalue weighted by Gasteiger charge is -2.06. The van der Waals surface area contributed by atoms with Crippen molar-refractivity contribution in [3.8, 4) is 0 Å². The molecule has 1 aromatic rings. The maximum atomic E-state index is 11.2. The van der Waals surface area contributed by atoms with Gasteiger partial charge in [0.1, 0.15) is 5.76 Å². The summed E-state index contributed by atoms with van der Waals surface area (Å²) in [5, 5.41) is 9.70. The lowest BCUT2D eigenvalue weighted by atomic mass is 10.0. The molecule has 1 aromatic carbocycles. The van der Waals surface area contributed by atoms with E-state index in [2.05, 4.69) is 18.6 Å². The molecule has 18 heavy (non-hydrogen) atoms. The molecule has 96 valence electrons. The van der Waals surface area contributed by atoms with Crippen LogP contribution < -0.4 is 0 Å². The average Bonchev–Trinajstić information content (AvgIpc) is 2.37. The van der Waals surface area contributed by atoms with E-state index in [4.69, 9.17) is 0 Å². The topological polar surface area (TPSA) is 63.6 Å². The second kappa shape index (κ2) is 6.00. The van der Waals surface area contributed by atoms with Gasteiger partial charge in [-0.3, -0.25) is 4.79 Å². The summed E-state index contributed by atoms with van der Waals surface area (Å²) in [5.41, 5.74) is 1.61. The van der Waals surface area contributed by atoms with Gasteiger partial charge in [-0.25, -0.2) is 4.79 Å². The Hall–Kier alpha value is -2.10. The molecule has 0 aliphatic carbocycles.